The largest absolute Gasteiger partial charge is 0.381 e. The molecule has 3 heteroatoms. The van der Waals surface area contributed by atoms with Gasteiger partial charge in [0.2, 0.25) is 0 Å². The number of hydrogen-bond donors (Lipinski definition) is 1. The Kier molecular flexibility index (Phi) is 5.93. The van der Waals surface area contributed by atoms with Crippen LogP contribution in [0.4, 0.5) is 0 Å². The van der Waals surface area contributed by atoms with Crippen molar-refractivity contribution in [1.82, 2.24) is 10.2 Å². The Morgan fingerprint density at radius 2 is 2.00 bits per heavy atom. The maximum atomic E-state index is 5.69. The highest BCUT2D eigenvalue weighted by Gasteiger charge is 2.29. The van der Waals surface area contributed by atoms with E-state index in [1.165, 1.54) is 45.3 Å². The van der Waals surface area contributed by atoms with Crippen LogP contribution in [0.5, 0.6) is 0 Å². The summed E-state index contributed by atoms with van der Waals surface area (Å²) >= 11 is 0. The summed E-state index contributed by atoms with van der Waals surface area (Å²) in [5.74, 6) is 1.68. The minimum atomic E-state index is 0.673. The zero-order valence-corrected chi connectivity index (χ0v) is 12.2. The fourth-order valence-corrected chi connectivity index (χ4v) is 2.91. The van der Waals surface area contributed by atoms with Gasteiger partial charge in [-0.05, 0) is 44.7 Å². The summed E-state index contributed by atoms with van der Waals surface area (Å²) in [6.07, 6.45) is 5.32. The maximum Gasteiger partial charge on any atom is 0.0521 e. The molecule has 0 spiro atoms. The molecule has 1 heterocycles. The second-order valence-corrected chi connectivity index (χ2v) is 5.98. The molecule has 0 radical (unpaired) electrons. The number of nitrogens with zero attached hydrogens (tertiary/aromatic N) is 1. The molecule has 0 aromatic heterocycles. The van der Waals surface area contributed by atoms with E-state index in [1.54, 1.807) is 0 Å². The zero-order chi connectivity index (χ0) is 12.8. The summed E-state index contributed by atoms with van der Waals surface area (Å²) < 4.78 is 5.69. The minimum absolute atomic E-state index is 0.673. The number of rotatable bonds is 8. The van der Waals surface area contributed by atoms with E-state index in [0.29, 0.717) is 12.0 Å². The van der Waals surface area contributed by atoms with Crippen molar-refractivity contribution >= 4 is 0 Å². The molecule has 0 aromatic rings. The van der Waals surface area contributed by atoms with E-state index < -0.39 is 0 Å². The van der Waals surface area contributed by atoms with Crippen molar-refractivity contribution in [2.75, 3.05) is 39.4 Å². The predicted octanol–water partition coefficient (Wildman–Crippen LogP) is 2.12. The summed E-state index contributed by atoms with van der Waals surface area (Å²) in [5, 5.41) is 3.71. The monoisotopic (exact) mass is 254 g/mol. The van der Waals surface area contributed by atoms with Crippen LogP contribution >= 0.6 is 0 Å². The van der Waals surface area contributed by atoms with Gasteiger partial charge in [-0.1, -0.05) is 13.8 Å². The molecule has 1 aliphatic heterocycles. The van der Waals surface area contributed by atoms with Crippen molar-refractivity contribution in [3.8, 4) is 0 Å². The van der Waals surface area contributed by atoms with Crippen molar-refractivity contribution in [3.63, 3.8) is 0 Å². The van der Waals surface area contributed by atoms with Crippen molar-refractivity contribution in [2.45, 2.75) is 45.6 Å². The van der Waals surface area contributed by atoms with Gasteiger partial charge in [-0.15, -0.1) is 0 Å². The van der Waals surface area contributed by atoms with Gasteiger partial charge in [0.05, 0.1) is 6.61 Å². The van der Waals surface area contributed by atoms with Gasteiger partial charge in [-0.3, -0.25) is 0 Å². The van der Waals surface area contributed by atoms with Crippen LogP contribution in [0, 0.1) is 11.8 Å². The third kappa shape index (κ3) is 4.52. The Balaban J connectivity index is 1.78. The SMILES string of the molecule is CCCNC1CCOCC1CN(CC)CC1CC1. The zero-order valence-electron chi connectivity index (χ0n) is 12.2. The van der Waals surface area contributed by atoms with Gasteiger partial charge in [-0.25, -0.2) is 0 Å². The lowest BCUT2D eigenvalue weighted by Crippen LogP contribution is -2.48. The highest BCUT2D eigenvalue weighted by Crippen LogP contribution is 2.30. The molecule has 3 nitrogen and oxygen atoms in total. The first-order valence-electron chi connectivity index (χ1n) is 7.87. The van der Waals surface area contributed by atoms with Crippen LogP contribution in [0.1, 0.15) is 39.5 Å². The second-order valence-electron chi connectivity index (χ2n) is 5.98. The van der Waals surface area contributed by atoms with Gasteiger partial charge in [0.15, 0.2) is 0 Å². The molecule has 2 fully saturated rings. The molecule has 106 valence electrons. The van der Waals surface area contributed by atoms with E-state index in [0.717, 1.165) is 25.7 Å². The number of nitrogens with one attached hydrogen (secondary N) is 1. The van der Waals surface area contributed by atoms with Gasteiger partial charge >= 0.3 is 0 Å². The first kappa shape index (κ1) is 14.3. The molecule has 1 saturated heterocycles. The Hall–Kier alpha value is -0.120. The van der Waals surface area contributed by atoms with E-state index in [-0.39, 0.29) is 0 Å². The quantitative estimate of drug-likeness (QED) is 0.718. The molecule has 1 N–H and O–H groups in total. The van der Waals surface area contributed by atoms with Gasteiger partial charge < -0.3 is 15.0 Å². The van der Waals surface area contributed by atoms with E-state index in [9.17, 15) is 0 Å². The number of hydrogen-bond acceptors (Lipinski definition) is 3. The van der Waals surface area contributed by atoms with E-state index in [1.807, 2.05) is 0 Å². The highest BCUT2D eigenvalue weighted by molar-refractivity contribution is 4.84. The first-order chi connectivity index (χ1) is 8.83. The molecule has 2 aliphatic rings. The Labute approximate surface area is 112 Å². The fraction of sp³-hybridized carbons (Fsp3) is 1.00. The van der Waals surface area contributed by atoms with E-state index in [2.05, 4.69) is 24.1 Å². The van der Waals surface area contributed by atoms with Gasteiger partial charge in [-0.2, -0.15) is 0 Å². The molecule has 1 saturated carbocycles. The van der Waals surface area contributed by atoms with Crippen molar-refractivity contribution in [1.29, 1.82) is 0 Å². The van der Waals surface area contributed by atoms with Crippen LogP contribution in [0.3, 0.4) is 0 Å². The van der Waals surface area contributed by atoms with Crippen LogP contribution in [0.2, 0.25) is 0 Å². The average molecular weight is 254 g/mol. The summed E-state index contributed by atoms with van der Waals surface area (Å²) in [7, 11) is 0. The summed E-state index contributed by atoms with van der Waals surface area (Å²) in [6, 6.07) is 0.673. The molecule has 1 aliphatic carbocycles. The van der Waals surface area contributed by atoms with Gasteiger partial charge in [0.1, 0.15) is 0 Å². The molecule has 0 bridgehead atoms. The Morgan fingerprint density at radius 3 is 2.67 bits per heavy atom. The van der Waals surface area contributed by atoms with E-state index in [4.69, 9.17) is 4.74 Å². The van der Waals surface area contributed by atoms with Crippen molar-refractivity contribution in [2.24, 2.45) is 11.8 Å². The summed E-state index contributed by atoms with van der Waals surface area (Å²) in [5.41, 5.74) is 0. The molecular weight excluding hydrogens is 224 g/mol. The van der Waals surface area contributed by atoms with Crippen LogP contribution in [0.15, 0.2) is 0 Å². The topological polar surface area (TPSA) is 24.5 Å². The minimum Gasteiger partial charge on any atom is -0.381 e. The first-order valence-corrected chi connectivity index (χ1v) is 7.87. The highest BCUT2D eigenvalue weighted by atomic mass is 16.5. The lowest BCUT2D eigenvalue weighted by molar-refractivity contribution is 0.0167. The van der Waals surface area contributed by atoms with E-state index >= 15 is 0 Å². The Bertz CT molecular complexity index is 231. The molecule has 18 heavy (non-hydrogen) atoms. The molecule has 2 rings (SSSR count). The molecular formula is C15H30N2O. The van der Waals surface area contributed by atoms with Crippen LogP contribution in [0.25, 0.3) is 0 Å². The Morgan fingerprint density at radius 1 is 1.17 bits per heavy atom. The lowest BCUT2D eigenvalue weighted by atomic mass is 9.94. The molecule has 2 atom stereocenters. The maximum absolute atomic E-state index is 5.69. The van der Waals surface area contributed by atoms with Crippen LogP contribution in [-0.4, -0.2) is 50.3 Å². The standard InChI is InChI=1S/C15H30N2O/c1-3-8-16-15-7-9-18-12-14(15)11-17(4-2)10-13-5-6-13/h13-16H,3-12H2,1-2H3. The van der Waals surface area contributed by atoms with Crippen LogP contribution < -0.4 is 5.32 Å². The second kappa shape index (κ2) is 7.46. The molecule has 0 amide bonds. The average Bonchev–Trinajstić information content (AvgIpc) is 3.21. The third-order valence-corrected chi connectivity index (χ3v) is 4.28. The van der Waals surface area contributed by atoms with Crippen molar-refractivity contribution in [3.05, 3.63) is 0 Å². The third-order valence-electron chi connectivity index (χ3n) is 4.28. The number of ether oxygens (including phenoxy) is 1. The smallest absolute Gasteiger partial charge is 0.0521 e. The fourth-order valence-electron chi connectivity index (χ4n) is 2.91. The van der Waals surface area contributed by atoms with Crippen LogP contribution in [-0.2, 0) is 4.74 Å². The van der Waals surface area contributed by atoms with Crippen molar-refractivity contribution < 1.29 is 4.74 Å². The normalized spacial score (nSPS) is 28.8. The summed E-state index contributed by atoms with van der Waals surface area (Å²) in [6.45, 7) is 11.3. The molecule has 2 unspecified atom stereocenters. The predicted molar refractivity (Wildman–Crippen MR) is 75.8 cm³/mol. The van der Waals surface area contributed by atoms with Gasteiger partial charge in [0.25, 0.3) is 0 Å². The molecule has 0 aromatic carbocycles. The van der Waals surface area contributed by atoms with Gasteiger partial charge in [0, 0.05) is 31.7 Å². The summed E-state index contributed by atoms with van der Waals surface area (Å²) in [4.78, 5) is 2.64. The lowest BCUT2D eigenvalue weighted by Gasteiger charge is -2.35.